The number of halogens is 1. The smallest absolute Gasteiger partial charge is 0.340 e. The van der Waals surface area contributed by atoms with Crippen LogP contribution in [0.5, 0.6) is 5.75 Å². The summed E-state index contributed by atoms with van der Waals surface area (Å²) < 4.78 is 5.33. The monoisotopic (exact) mass is 361 g/mol. The van der Waals surface area contributed by atoms with Gasteiger partial charge in [0.1, 0.15) is 5.75 Å². The maximum Gasteiger partial charge on any atom is 0.340 e. The molecule has 0 aliphatic rings. The van der Waals surface area contributed by atoms with Gasteiger partial charge in [-0.2, -0.15) is 0 Å². The lowest BCUT2D eigenvalue weighted by atomic mass is 10.2. The minimum atomic E-state index is -0.871. The molecule has 3 N–H and O–H groups in total. The number of ether oxygens (including phenoxy) is 1. The molecule has 130 valence electrons. The van der Waals surface area contributed by atoms with E-state index in [9.17, 15) is 14.4 Å². The third kappa shape index (κ3) is 5.82. The summed E-state index contributed by atoms with van der Waals surface area (Å²) in [6, 6.07) is 12.3. The number of hydrogen-bond acceptors (Lipinski definition) is 4. The summed E-state index contributed by atoms with van der Waals surface area (Å²) in [5, 5.41) is 2.54. The van der Waals surface area contributed by atoms with Crippen molar-refractivity contribution in [1.82, 2.24) is 16.2 Å². The number of carbonyl (C=O) groups excluding carboxylic acids is 3. The van der Waals surface area contributed by atoms with Crippen LogP contribution in [0.3, 0.4) is 0 Å². The van der Waals surface area contributed by atoms with Crippen molar-refractivity contribution in [3.8, 4) is 5.75 Å². The Morgan fingerprint density at radius 3 is 2.36 bits per heavy atom. The van der Waals surface area contributed by atoms with Crippen molar-refractivity contribution < 1.29 is 19.1 Å². The average molecular weight is 362 g/mol. The minimum Gasteiger partial charge on any atom is -0.483 e. The molecule has 0 heterocycles. The molecular weight excluding hydrogens is 346 g/mol. The molecule has 2 aromatic rings. The van der Waals surface area contributed by atoms with E-state index in [1.165, 1.54) is 24.3 Å². The first kappa shape index (κ1) is 18.3. The van der Waals surface area contributed by atoms with E-state index in [0.717, 1.165) is 5.56 Å². The van der Waals surface area contributed by atoms with Gasteiger partial charge in [-0.25, -0.2) is 10.2 Å². The summed E-state index contributed by atoms with van der Waals surface area (Å²) in [5.74, 6) is -0.628. The number of rotatable bonds is 4. The first-order chi connectivity index (χ1) is 12.0. The Balaban J connectivity index is 1.74. The molecule has 0 spiro atoms. The van der Waals surface area contributed by atoms with E-state index in [4.69, 9.17) is 16.3 Å². The van der Waals surface area contributed by atoms with Crippen molar-refractivity contribution in [3.63, 3.8) is 0 Å². The first-order valence-electron chi connectivity index (χ1n) is 7.30. The zero-order valence-electron chi connectivity index (χ0n) is 13.3. The van der Waals surface area contributed by atoms with Crippen LogP contribution in [-0.2, 0) is 4.79 Å². The Labute approximate surface area is 149 Å². The van der Waals surface area contributed by atoms with Crippen LogP contribution in [0.4, 0.5) is 4.79 Å². The van der Waals surface area contributed by atoms with Gasteiger partial charge in [-0.1, -0.05) is 29.8 Å². The number of urea groups is 1. The van der Waals surface area contributed by atoms with Gasteiger partial charge in [0.25, 0.3) is 11.8 Å². The Morgan fingerprint density at radius 1 is 1.00 bits per heavy atom. The summed E-state index contributed by atoms with van der Waals surface area (Å²) in [4.78, 5) is 35.1. The van der Waals surface area contributed by atoms with Crippen molar-refractivity contribution in [1.29, 1.82) is 0 Å². The van der Waals surface area contributed by atoms with Crippen molar-refractivity contribution in [2.75, 3.05) is 6.61 Å². The molecule has 0 saturated heterocycles. The molecule has 0 unspecified atom stereocenters. The van der Waals surface area contributed by atoms with Crippen molar-refractivity contribution in [2.24, 2.45) is 0 Å². The molecule has 0 aliphatic heterocycles. The average Bonchev–Trinajstić information content (AvgIpc) is 2.59. The lowest BCUT2D eigenvalue weighted by Gasteiger charge is -2.10. The van der Waals surface area contributed by atoms with E-state index in [1.807, 2.05) is 19.1 Å². The lowest BCUT2D eigenvalue weighted by molar-refractivity contribution is -0.123. The van der Waals surface area contributed by atoms with Crippen LogP contribution >= 0.6 is 11.6 Å². The first-order valence-corrected chi connectivity index (χ1v) is 7.67. The van der Waals surface area contributed by atoms with Gasteiger partial charge in [0.2, 0.25) is 0 Å². The summed E-state index contributed by atoms with van der Waals surface area (Å²) in [6.45, 7) is 1.57. The van der Waals surface area contributed by atoms with E-state index in [1.54, 1.807) is 12.1 Å². The predicted molar refractivity (Wildman–Crippen MR) is 92.3 cm³/mol. The lowest BCUT2D eigenvalue weighted by Crippen LogP contribution is -2.49. The molecule has 7 nitrogen and oxygen atoms in total. The third-order valence-electron chi connectivity index (χ3n) is 3.10. The fourth-order valence-corrected chi connectivity index (χ4v) is 1.96. The van der Waals surface area contributed by atoms with Gasteiger partial charge in [-0.15, -0.1) is 0 Å². The molecule has 0 bridgehead atoms. The molecule has 4 amide bonds. The molecule has 0 saturated carbocycles. The normalized spacial score (nSPS) is 9.84. The summed E-state index contributed by atoms with van der Waals surface area (Å²) in [7, 11) is 0. The zero-order valence-corrected chi connectivity index (χ0v) is 14.1. The van der Waals surface area contributed by atoms with Crippen LogP contribution < -0.4 is 20.9 Å². The number of imide groups is 1. The number of hydrazine groups is 1. The van der Waals surface area contributed by atoms with Crippen LogP contribution in [0.1, 0.15) is 15.9 Å². The molecule has 8 heteroatoms. The second-order valence-electron chi connectivity index (χ2n) is 5.02. The van der Waals surface area contributed by atoms with E-state index in [0.29, 0.717) is 10.8 Å². The highest BCUT2D eigenvalue weighted by Crippen LogP contribution is 2.15. The number of aryl methyl sites for hydroxylation is 1. The van der Waals surface area contributed by atoms with Crippen molar-refractivity contribution in [3.05, 3.63) is 64.7 Å². The van der Waals surface area contributed by atoms with E-state index in [-0.39, 0.29) is 12.2 Å². The molecule has 25 heavy (non-hydrogen) atoms. The Hall–Kier alpha value is -3.06. The maximum absolute atomic E-state index is 11.8. The standard InChI is InChI=1S/C17H16ClN3O4/c1-11-4-2-3-5-14(11)25-10-15(22)20-21-17(24)19-16(23)12-6-8-13(18)9-7-12/h2-9H,10H2,1H3,(H,20,22)(H2,19,21,23,24). The second-order valence-corrected chi connectivity index (χ2v) is 5.45. The number of carbonyl (C=O) groups is 3. The van der Waals surface area contributed by atoms with Crippen molar-refractivity contribution >= 4 is 29.4 Å². The zero-order chi connectivity index (χ0) is 18.2. The van der Waals surface area contributed by atoms with Crippen LogP contribution in [-0.4, -0.2) is 24.5 Å². The fourth-order valence-electron chi connectivity index (χ4n) is 1.83. The molecule has 0 radical (unpaired) electrons. The SMILES string of the molecule is Cc1ccccc1OCC(=O)NNC(=O)NC(=O)c1ccc(Cl)cc1. The van der Waals surface area contributed by atoms with Gasteiger partial charge in [-0.05, 0) is 42.8 Å². The van der Waals surface area contributed by atoms with Gasteiger partial charge >= 0.3 is 6.03 Å². The Morgan fingerprint density at radius 2 is 1.68 bits per heavy atom. The van der Waals surface area contributed by atoms with E-state index < -0.39 is 17.8 Å². The minimum absolute atomic E-state index is 0.258. The summed E-state index contributed by atoms with van der Waals surface area (Å²) >= 11 is 5.72. The fraction of sp³-hybridized carbons (Fsp3) is 0.118. The highest BCUT2D eigenvalue weighted by Gasteiger charge is 2.11. The molecule has 2 aromatic carbocycles. The van der Waals surface area contributed by atoms with E-state index >= 15 is 0 Å². The molecular formula is C17H16ClN3O4. The number of para-hydroxylation sites is 1. The highest BCUT2D eigenvalue weighted by atomic mass is 35.5. The van der Waals surface area contributed by atoms with Crippen molar-refractivity contribution in [2.45, 2.75) is 6.92 Å². The topological polar surface area (TPSA) is 96.5 Å². The second kappa shape index (κ2) is 8.70. The Bertz CT molecular complexity index is 778. The van der Waals surface area contributed by atoms with Gasteiger partial charge in [0, 0.05) is 10.6 Å². The summed E-state index contributed by atoms with van der Waals surface area (Å²) in [6.07, 6.45) is 0. The number of nitrogens with one attached hydrogen (secondary N) is 3. The Kier molecular flexibility index (Phi) is 6.36. The van der Waals surface area contributed by atoms with E-state index in [2.05, 4.69) is 16.2 Å². The molecule has 0 aliphatic carbocycles. The van der Waals surface area contributed by atoms with Crippen LogP contribution in [0.25, 0.3) is 0 Å². The maximum atomic E-state index is 11.8. The molecule has 0 aromatic heterocycles. The van der Waals surface area contributed by atoms with Gasteiger partial charge < -0.3 is 4.74 Å². The molecule has 0 atom stereocenters. The van der Waals surface area contributed by atoms with Gasteiger partial charge in [0.05, 0.1) is 0 Å². The number of benzene rings is 2. The number of hydrogen-bond donors (Lipinski definition) is 3. The van der Waals surface area contributed by atoms with Gasteiger partial charge in [0.15, 0.2) is 6.61 Å². The van der Waals surface area contributed by atoms with Crippen LogP contribution in [0.2, 0.25) is 5.02 Å². The van der Waals surface area contributed by atoms with Crippen LogP contribution in [0.15, 0.2) is 48.5 Å². The quantitative estimate of drug-likeness (QED) is 0.727. The summed E-state index contributed by atoms with van der Waals surface area (Å²) in [5.41, 5.74) is 5.35. The van der Waals surface area contributed by atoms with Gasteiger partial charge in [-0.3, -0.25) is 20.3 Å². The number of amides is 4. The highest BCUT2D eigenvalue weighted by molar-refractivity contribution is 6.30. The predicted octanol–water partition coefficient (Wildman–Crippen LogP) is 2.20. The third-order valence-corrected chi connectivity index (χ3v) is 3.35. The molecule has 2 rings (SSSR count). The molecule has 0 fully saturated rings. The van der Waals surface area contributed by atoms with Crippen LogP contribution in [0, 0.1) is 6.92 Å². The largest absolute Gasteiger partial charge is 0.483 e.